The number of phosphoric ester groups is 2. The van der Waals surface area contributed by atoms with Gasteiger partial charge in [-0.15, -0.1) is 0 Å². The Bertz CT molecular complexity index is 1820. The number of esters is 4. The molecule has 0 aliphatic carbocycles. The monoisotopic (exact) mass is 1350 g/mol. The number of aliphatic hydroxyl groups excluding tert-OH is 1. The van der Waals surface area contributed by atoms with Gasteiger partial charge in [0.15, 0.2) is 12.2 Å². The first-order valence-electron chi connectivity index (χ1n) is 37.8. The molecule has 4 unspecified atom stereocenters. The van der Waals surface area contributed by atoms with Crippen molar-refractivity contribution in [2.75, 3.05) is 39.6 Å². The minimum atomic E-state index is -4.96. The zero-order valence-electron chi connectivity index (χ0n) is 60.2. The topological polar surface area (TPSA) is 237 Å². The van der Waals surface area contributed by atoms with Gasteiger partial charge in [0.2, 0.25) is 0 Å². The minimum absolute atomic E-state index is 0.102. The Labute approximate surface area is 562 Å². The quantitative estimate of drug-likeness (QED) is 0.0222. The van der Waals surface area contributed by atoms with Crippen molar-refractivity contribution in [3.8, 4) is 0 Å². The fourth-order valence-electron chi connectivity index (χ4n) is 11.0. The van der Waals surface area contributed by atoms with E-state index >= 15 is 0 Å². The molecule has 92 heavy (non-hydrogen) atoms. The lowest BCUT2D eigenvalue weighted by Crippen LogP contribution is -2.30. The van der Waals surface area contributed by atoms with Crippen molar-refractivity contribution in [3.63, 3.8) is 0 Å². The Kier molecular flexibility index (Phi) is 61.3. The second-order valence-electron chi connectivity index (χ2n) is 27.8. The summed E-state index contributed by atoms with van der Waals surface area (Å²) in [5, 5.41) is 10.6. The average Bonchev–Trinajstić information content (AvgIpc) is 2.53. The second-order valence-corrected chi connectivity index (χ2v) is 30.7. The molecule has 0 aromatic heterocycles. The molecule has 0 aromatic carbocycles. The van der Waals surface area contributed by atoms with E-state index in [2.05, 4.69) is 55.4 Å². The van der Waals surface area contributed by atoms with Gasteiger partial charge in [0.05, 0.1) is 26.4 Å². The first-order chi connectivity index (χ1) is 44.2. The van der Waals surface area contributed by atoms with Gasteiger partial charge in [-0.3, -0.25) is 37.3 Å². The predicted molar refractivity (Wildman–Crippen MR) is 372 cm³/mol. The van der Waals surface area contributed by atoms with Crippen molar-refractivity contribution in [2.45, 2.75) is 382 Å². The van der Waals surface area contributed by atoms with Crippen LogP contribution in [0.25, 0.3) is 0 Å². The van der Waals surface area contributed by atoms with E-state index in [4.69, 9.17) is 37.0 Å². The highest BCUT2D eigenvalue weighted by atomic mass is 31.2. The summed E-state index contributed by atoms with van der Waals surface area (Å²) in [5.41, 5.74) is 0. The Morgan fingerprint density at radius 1 is 0.304 bits per heavy atom. The van der Waals surface area contributed by atoms with Crippen LogP contribution in [0.1, 0.15) is 364 Å². The molecule has 0 fully saturated rings. The van der Waals surface area contributed by atoms with E-state index in [0.29, 0.717) is 31.6 Å². The van der Waals surface area contributed by atoms with Gasteiger partial charge < -0.3 is 33.8 Å². The Hall–Kier alpha value is -1.94. The van der Waals surface area contributed by atoms with Crippen LogP contribution < -0.4 is 0 Å². The molecule has 0 heterocycles. The van der Waals surface area contributed by atoms with E-state index in [1.807, 2.05) is 0 Å². The number of phosphoric acid groups is 2. The summed E-state index contributed by atoms with van der Waals surface area (Å²) in [5.74, 6) is 0.916. The molecule has 7 atom stereocenters. The molecule has 0 bridgehead atoms. The van der Waals surface area contributed by atoms with E-state index in [0.717, 1.165) is 114 Å². The maximum atomic E-state index is 13.1. The largest absolute Gasteiger partial charge is 0.472 e. The molecule has 546 valence electrons. The Morgan fingerprint density at radius 3 is 0.772 bits per heavy atom. The van der Waals surface area contributed by atoms with E-state index in [9.17, 15) is 43.2 Å². The maximum absolute atomic E-state index is 13.1. The lowest BCUT2D eigenvalue weighted by Gasteiger charge is -2.21. The lowest BCUT2D eigenvalue weighted by atomic mass is 9.99. The van der Waals surface area contributed by atoms with Crippen LogP contribution in [0.2, 0.25) is 0 Å². The van der Waals surface area contributed by atoms with Crippen LogP contribution in [0.15, 0.2) is 0 Å². The summed E-state index contributed by atoms with van der Waals surface area (Å²) in [6.45, 7) is 14.1. The van der Waals surface area contributed by atoms with Crippen LogP contribution in [-0.2, 0) is 65.4 Å². The molecule has 19 heteroatoms. The highest BCUT2D eigenvalue weighted by molar-refractivity contribution is 7.47. The molecule has 0 radical (unpaired) electrons. The standard InChI is InChI=1S/C73H142O17P2/c1-9-65(7)51-43-35-27-21-17-13-11-12-14-18-23-29-39-47-55-72(77)89-68(59-83-70(75)53-45-37-28-22-19-15-16-20-25-33-41-49-63(3)4)61-87-91(79,80)85-57-67(74)58-86-92(81,82)88-62-69(90-73(78)56-48-40-30-24-26-34-42-50-64(5)6)60-84-71(76)54-46-38-32-31-36-44-52-66(8)10-2/h63-69,74H,9-62H2,1-8H3,(H,79,80)(H,81,82)/t65?,66?,67-,68-,69-/m1/s1. The van der Waals surface area contributed by atoms with Crippen LogP contribution in [0, 0.1) is 23.7 Å². The number of carbonyl (C=O) groups excluding carboxylic acids is 4. The summed E-state index contributed by atoms with van der Waals surface area (Å²) in [7, 11) is -9.91. The number of carbonyl (C=O) groups is 4. The van der Waals surface area contributed by atoms with Crippen LogP contribution >= 0.6 is 15.6 Å². The maximum Gasteiger partial charge on any atom is 0.472 e. The molecule has 17 nitrogen and oxygen atoms in total. The third-order valence-electron chi connectivity index (χ3n) is 17.5. The number of aliphatic hydroxyl groups is 1. The molecule has 0 saturated heterocycles. The summed E-state index contributed by atoms with van der Waals surface area (Å²) < 4.78 is 68.4. The van der Waals surface area contributed by atoms with Crippen molar-refractivity contribution in [3.05, 3.63) is 0 Å². The van der Waals surface area contributed by atoms with Gasteiger partial charge >= 0.3 is 39.5 Å². The Morgan fingerprint density at radius 2 is 0.522 bits per heavy atom. The van der Waals surface area contributed by atoms with E-state index in [1.54, 1.807) is 0 Å². The molecule has 0 aromatic rings. The van der Waals surface area contributed by atoms with Crippen LogP contribution in [-0.4, -0.2) is 96.7 Å². The van der Waals surface area contributed by atoms with Gasteiger partial charge in [-0.2, -0.15) is 0 Å². The molecule has 0 rings (SSSR count). The SMILES string of the molecule is CCC(C)CCCCCCCCCCCCCCCCC(=O)O[C@H](COC(=O)CCCCCCCCCCCCCC(C)C)COP(=O)(O)OC[C@@H](O)COP(=O)(O)OC[C@@H](COC(=O)CCCCCCCCC(C)CC)OC(=O)CCCCCCCCCC(C)C. The first-order valence-corrected chi connectivity index (χ1v) is 40.8. The number of rotatable bonds is 70. The summed E-state index contributed by atoms with van der Waals surface area (Å²) in [6, 6.07) is 0. The molecule has 0 amide bonds. The number of unbranched alkanes of at least 4 members (excludes halogenated alkanes) is 34. The molecule has 0 aliphatic rings. The molecule has 3 N–H and O–H groups in total. The van der Waals surface area contributed by atoms with E-state index < -0.39 is 97.5 Å². The Balaban J connectivity index is 5.24. The molecule has 0 spiro atoms. The normalized spacial score (nSPS) is 14.8. The van der Waals surface area contributed by atoms with Gasteiger partial charge in [0.1, 0.15) is 19.3 Å². The van der Waals surface area contributed by atoms with Crippen molar-refractivity contribution in [1.82, 2.24) is 0 Å². The smallest absolute Gasteiger partial charge is 0.462 e. The highest BCUT2D eigenvalue weighted by Gasteiger charge is 2.30. The summed E-state index contributed by atoms with van der Waals surface area (Å²) in [6.07, 6.45) is 45.9. The lowest BCUT2D eigenvalue weighted by molar-refractivity contribution is -0.161. The van der Waals surface area contributed by atoms with E-state index in [1.165, 1.54) is 161 Å². The van der Waals surface area contributed by atoms with Gasteiger partial charge in [-0.05, 0) is 49.4 Å². The summed E-state index contributed by atoms with van der Waals surface area (Å²) >= 11 is 0. The zero-order valence-corrected chi connectivity index (χ0v) is 62.0. The van der Waals surface area contributed by atoms with Crippen molar-refractivity contribution in [1.29, 1.82) is 0 Å². The fourth-order valence-corrected chi connectivity index (χ4v) is 12.5. The zero-order chi connectivity index (χ0) is 68.2. The molecule has 0 saturated carbocycles. The molecule has 0 aliphatic heterocycles. The number of hydrogen-bond donors (Lipinski definition) is 3. The van der Waals surface area contributed by atoms with Crippen LogP contribution in [0.3, 0.4) is 0 Å². The molecular weight excluding hydrogens is 1210 g/mol. The van der Waals surface area contributed by atoms with E-state index in [-0.39, 0.29) is 25.7 Å². The summed E-state index contributed by atoms with van der Waals surface area (Å²) in [4.78, 5) is 72.6. The number of hydrogen-bond acceptors (Lipinski definition) is 15. The van der Waals surface area contributed by atoms with Gasteiger partial charge in [-0.25, -0.2) is 9.13 Å². The van der Waals surface area contributed by atoms with Crippen LogP contribution in [0.5, 0.6) is 0 Å². The van der Waals surface area contributed by atoms with Crippen molar-refractivity contribution < 1.29 is 80.2 Å². The third-order valence-corrected chi connectivity index (χ3v) is 19.4. The van der Waals surface area contributed by atoms with Crippen molar-refractivity contribution >= 4 is 39.5 Å². The second kappa shape index (κ2) is 62.6. The third kappa shape index (κ3) is 64.1. The highest BCUT2D eigenvalue weighted by Crippen LogP contribution is 2.45. The molecular formula is C73H142O17P2. The van der Waals surface area contributed by atoms with Gasteiger partial charge in [0, 0.05) is 25.7 Å². The van der Waals surface area contributed by atoms with Crippen molar-refractivity contribution in [2.24, 2.45) is 23.7 Å². The predicted octanol–water partition coefficient (Wildman–Crippen LogP) is 20.9. The van der Waals surface area contributed by atoms with Crippen LogP contribution in [0.4, 0.5) is 0 Å². The fraction of sp³-hybridized carbons (Fsp3) is 0.945. The van der Waals surface area contributed by atoms with Gasteiger partial charge in [-0.1, -0.05) is 312 Å². The average molecular weight is 1350 g/mol. The first kappa shape index (κ1) is 90.1. The number of ether oxygens (including phenoxy) is 4. The minimum Gasteiger partial charge on any atom is -0.462 e. The van der Waals surface area contributed by atoms with Gasteiger partial charge in [0.25, 0.3) is 0 Å².